The molecule has 0 aliphatic rings. The Kier molecular flexibility index (Phi) is 4.83. The van der Waals surface area contributed by atoms with Crippen molar-refractivity contribution in [2.75, 3.05) is 13.6 Å². The van der Waals surface area contributed by atoms with E-state index in [9.17, 15) is 9.59 Å². The number of carbonyl (C=O) groups excluding carboxylic acids is 1. The highest BCUT2D eigenvalue weighted by molar-refractivity contribution is 6.06. The Bertz CT molecular complexity index is 1020. The van der Waals surface area contributed by atoms with Gasteiger partial charge in [0.15, 0.2) is 6.54 Å². The maximum Gasteiger partial charge on any atom is 0.336 e. The number of amides is 1. The zero-order chi connectivity index (χ0) is 18.9. The van der Waals surface area contributed by atoms with E-state index in [1.165, 1.54) is 0 Å². The van der Waals surface area contributed by atoms with E-state index in [0.717, 1.165) is 26.6 Å². The lowest BCUT2D eigenvalue weighted by atomic mass is 10.0. The molecule has 3 aromatic rings. The van der Waals surface area contributed by atoms with E-state index >= 15 is 0 Å². The van der Waals surface area contributed by atoms with Crippen LogP contribution in [0.5, 0.6) is 0 Å². The molecule has 2 N–H and O–H groups in total. The van der Waals surface area contributed by atoms with E-state index in [2.05, 4.69) is 5.32 Å². The number of benzene rings is 2. The van der Waals surface area contributed by atoms with Crippen LogP contribution in [0, 0.1) is 0 Å². The second kappa shape index (κ2) is 6.92. The summed E-state index contributed by atoms with van der Waals surface area (Å²) >= 11 is 0. The van der Waals surface area contributed by atoms with Crippen LogP contribution in [0.3, 0.4) is 0 Å². The van der Waals surface area contributed by atoms with Crippen molar-refractivity contribution in [3.63, 3.8) is 0 Å². The van der Waals surface area contributed by atoms with Crippen molar-refractivity contribution in [2.24, 2.45) is 0 Å². The highest BCUT2D eigenvalue weighted by Gasteiger charge is 2.19. The third kappa shape index (κ3) is 4.11. The summed E-state index contributed by atoms with van der Waals surface area (Å²) in [5, 5.41) is 6.06. The first kappa shape index (κ1) is 18.1. The third-order valence-electron chi connectivity index (χ3n) is 4.18. The molecule has 0 saturated carbocycles. The number of hydrogen-bond acceptors (Lipinski definition) is 3. The van der Waals surface area contributed by atoms with E-state index in [0.29, 0.717) is 18.7 Å². The minimum atomic E-state index is -0.366. The maximum absolute atomic E-state index is 12.2. The van der Waals surface area contributed by atoms with Crippen molar-refractivity contribution in [1.29, 1.82) is 0 Å². The topological polar surface area (TPSA) is 63.8 Å². The van der Waals surface area contributed by atoms with Gasteiger partial charge in [0.05, 0.1) is 7.05 Å². The first-order valence-corrected chi connectivity index (χ1v) is 8.80. The maximum atomic E-state index is 12.2. The average Bonchev–Trinajstić information content (AvgIpc) is 2.52. The predicted octanol–water partition coefficient (Wildman–Crippen LogP) is 1.88. The van der Waals surface area contributed by atoms with Gasteiger partial charge in [0.1, 0.15) is 12.1 Å². The number of likely N-dealkylation sites (N-methyl/N-ethyl adjacent to an activating group) is 1. The van der Waals surface area contributed by atoms with Crippen molar-refractivity contribution in [3.05, 3.63) is 58.4 Å². The Balaban J connectivity index is 1.95. The quantitative estimate of drug-likeness (QED) is 0.556. The van der Waals surface area contributed by atoms with Crippen molar-refractivity contribution in [1.82, 2.24) is 5.32 Å². The van der Waals surface area contributed by atoms with Crippen molar-refractivity contribution in [3.8, 4) is 0 Å². The number of hydrogen-bond donors (Lipinski definition) is 2. The Hall–Kier alpha value is -2.66. The van der Waals surface area contributed by atoms with Crippen LogP contribution in [0.15, 0.2) is 51.7 Å². The SMILES string of the molecule is C[NH+](CC(=O)NC(C)(C)C)Cc1cc(=O)oc2ccc3ccccc3c12. The zero-order valence-electron chi connectivity index (χ0n) is 15.7. The van der Waals surface area contributed by atoms with Gasteiger partial charge in [-0.3, -0.25) is 4.79 Å². The highest BCUT2D eigenvalue weighted by atomic mass is 16.4. The molecule has 5 heteroatoms. The molecule has 0 aliphatic heterocycles. The summed E-state index contributed by atoms with van der Waals surface area (Å²) in [6.07, 6.45) is 0. The van der Waals surface area contributed by atoms with Gasteiger partial charge in [-0.25, -0.2) is 4.79 Å². The van der Waals surface area contributed by atoms with Crippen LogP contribution in [0.2, 0.25) is 0 Å². The first-order valence-electron chi connectivity index (χ1n) is 8.80. The Morgan fingerprint density at radius 2 is 1.88 bits per heavy atom. The van der Waals surface area contributed by atoms with Crippen molar-refractivity contribution >= 4 is 27.6 Å². The van der Waals surface area contributed by atoms with Gasteiger partial charge in [-0.15, -0.1) is 0 Å². The highest BCUT2D eigenvalue weighted by Crippen LogP contribution is 2.26. The fourth-order valence-corrected chi connectivity index (χ4v) is 3.28. The summed E-state index contributed by atoms with van der Waals surface area (Å²) in [6.45, 7) is 6.78. The molecule has 136 valence electrons. The van der Waals surface area contributed by atoms with Crippen LogP contribution >= 0.6 is 0 Å². The van der Waals surface area contributed by atoms with E-state index in [1.54, 1.807) is 6.07 Å². The number of rotatable bonds is 4. The number of fused-ring (bicyclic) bond motifs is 3. The Labute approximate surface area is 152 Å². The smallest absolute Gasteiger partial charge is 0.336 e. The molecule has 1 unspecified atom stereocenters. The molecule has 0 bridgehead atoms. The van der Waals surface area contributed by atoms with E-state index in [-0.39, 0.29) is 17.1 Å². The van der Waals surface area contributed by atoms with Crippen molar-refractivity contribution in [2.45, 2.75) is 32.9 Å². The molecule has 26 heavy (non-hydrogen) atoms. The summed E-state index contributed by atoms with van der Waals surface area (Å²) < 4.78 is 5.39. The zero-order valence-corrected chi connectivity index (χ0v) is 15.7. The van der Waals surface area contributed by atoms with Gasteiger partial charge in [-0.05, 0) is 37.6 Å². The summed E-state index contributed by atoms with van der Waals surface area (Å²) in [7, 11) is 1.95. The summed E-state index contributed by atoms with van der Waals surface area (Å²) in [4.78, 5) is 25.2. The molecule has 0 spiro atoms. The van der Waals surface area contributed by atoms with Gasteiger partial charge in [-0.1, -0.05) is 30.3 Å². The lowest BCUT2D eigenvalue weighted by Crippen LogP contribution is -3.09. The molecule has 5 nitrogen and oxygen atoms in total. The molecule has 0 radical (unpaired) electrons. The normalized spacial score (nSPS) is 13.1. The van der Waals surface area contributed by atoms with E-state index in [1.807, 2.05) is 64.2 Å². The fraction of sp³-hybridized carbons (Fsp3) is 0.333. The second-order valence-corrected chi connectivity index (χ2v) is 7.86. The Morgan fingerprint density at radius 1 is 1.15 bits per heavy atom. The molecule has 1 heterocycles. The molecule has 2 aromatic carbocycles. The van der Waals surface area contributed by atoms with Crippen molar-refractivity contribution < 1.29 is 14.1 Å². The average molecular weight is 353 g/mol. The molecule has 1 atom stereocenters. The summed E-state index contributed by atoms with van der Waals surface area (Å²) in [6, 6.07) is 13.4. The van der Waals surface area contributed by atoms with Gasteiger partial charge in [0.25, 0.3) is 5.91 Å². The van der Waals surface area contributed by atoms with Gasteiger partial charge in [-0.2, -0.15) is 0 Å². The van der Waals surface area contributed by atoms with Crippen LogP contribution in [-0.2, 0) is 11.3 Å². The monoisotopic (exact) mass is 353 g/mol. The first-order chi connectivity index (χ1) is 12.2. The van der Waals surface area contributed by atoms with Gasteiger partial charge < -0.3 is 14.6 Å². The largest absolute Gasteiger partial charge is 0.423 e. The van der Waals surface area contributed by atoms with Crippen LogP contribution in [0.1, 0.15) is 26.3 Å². The lowest BCUT2D eigenvalue weighted by Gasteiger charge is -2.22. The van der Waals surface area contributed by atoms with E-state index in [4.69, 9.17) is 4.42 Å². The standard InChI is InChI=1S/C21H24N2O3/c1-21(2,3)22-18(24)13-23(4)12-15-11-19(25)26-17-10-9-14-7-5-6-8-16(14)20(15)17/h5-11H,12-13H2,1-4H3,(H,22,24)/p+1. The minimum absolute atomic E-state index is 0.00729. The van der Waals surface area contributed by atoms with Gasteiger partial charge in [0.2, 0.25) is 0 Å². The summed E-state index contributed by atoms with van der Waals surface area (Å²) in [5.74, 6) is -0.00729. The number of nitrogens with one attached hydrogen (secondary N) is 2. The lowest BCUT2D eigenvalue weighted by molar-refractivity contribution is -0.885. The van der Waals surface area contributed by atoms with Crippen LogP contribution < -0.4 is 15.8 Å². The molecule has 1 aromatic heterocycles. The van der Waals surface area contributed by atoms with Crippen LogP contribution in [-0.4, -0.2) is 25.0 Å². The Morgan fingerprint density at radius 3 is 2.62 bits per heavy atom. The molecule has 0 fully saturated rings. The second-order valence-electron chi connectivity index (χ2n) is 7.86. The van der Waals surface area contributed by atoms with Crippen LogP contribution in [0.4, 0.5) is 0 Å². The van der Waals surface area contributed by atoms with Gasteiger partial charge in [0, 0.05) is 22.6 Å². The molecular formula is C21H25N2O3+. The van der Waals surface area contributed by atoms with Gasteiger partial charge >= 0.3 is 5.63 Å². The van der Waals surface area contributed by atoms with Crippen LogP contribution in [0.25, 0.3) is 21.7 Å². The molecule has 0 saturated heterocycles. The molecule has 3 rings (SSSR count). The number of carbonyl (C=O) groups is 1. The molecular weight excluding hydrogens is 328 g/mol. The molecule has 0 aliphatic carbocycles. The number of quaternary nitrogens is 1. The molecule has 1 amide bonds. The minimum Gasteiger partial charge on any atom is -0.423 e. The predicted molar refractivity (Wildman–Crippen MR) is 103 cm³/mol. The summed E-state index contributed by atoms with van der Waals surface area (Å²) in [5.41, 5.74) is 0.857. The van der Waals surface area contributed by atoms with E-state index < -0.39 is 0 Å². The fourth-order valence-electron chi connectivity index (χ4n) is 3.28. The third-order valence-corrected chi connectivity index (χ3v) is 4.18.